The molecule has 0 spiro atoms. The van der Waals surface area contributed by atoms with Crippen molar-refractivity contribution in [2.24, 2.45) is 7.05 Å². The number of carbonyl (C=O) groups excluding carboxylic acids is 1. The first-order valence-electron chi connectivity index (χ1n) is 8.02. The molecule has 0 saturated heterocycles. The first kappa shape index (κ1) is 18.5. The fraction of sp³-hybridized carbons (Fsp3) is 0.105. The normalized spacial score (nSPS) is 11.2. The van der Waals surface area contributed by atoms with Gasteiger partial charge in [-0.15, -0.1) is 10.2 Å². The highest BCUT2D eigenvalue weighted by molar-refractivity contribution is 9.10. The predicted octanol–water partition coefficient (Wildman–Crippen LogP) is 5.73. The largest absolute Gasteiger partial charge is 0.453 e. The lowest BCUT2D eigenvalue weighted by Crippen LogP contribution is -2.03. The second-order valence-electron chi connectivity index (χ2n) is 5.88. The van der Waals surface area contributed by atoms with Crippen molar-refractivity contribution in [3.8, 4) is 11.6 Å². The second-order valence-corrected chi connectivity index (χ2v) is 8.65. The summed E-state index contributed by atoms with van der Waals surface area (Å²) in [4.78, 5) is 12.4. The summed E-state index contributed by atoms with van der Waals surface area (Å²) in [5, 5.41) is 10.1. The summed E-state index contributed by atoms with van der Waals surface area (Å²) in [6.45, 7) is 0. The molecule has 0 unspecified atom stereocenters. The van der Waals surface area contributed by atoms with E-state index in [-0.39, 0.29) is 5.78 Å². The van der Waals surface area contributed by atoms with E-state index in [1.807, 2.05) is 60.1 Å². The minimum absolute atomic E-state index is 0.0469. The molecule has 0 saturated carbocycles. The van der Waals surface area contributed by atoms with E-state index in [1.54, 1.807) is 0 Å². The Morgan fingerprint density at radius 2 is 1.81 bits per heavy atom. The van der Waals surface area contributed by atoms with Crippen LogP contribution >= 0.6 is 43.6 Å². The average molecular weight is 507 g/mol. The molecule has 0 fully saturated rings. The third-order valence-corrected chi connectivity index (χ3v) is 6.07. The third-order valence-electron chi connectivity index (χ3n) is 4.03. The fourth-order valence-electron chi connectivity index (χ4n) is 2.63. The molecule has 136 valence electrons. The van der Waals surface area contributed by atoms with Crippen LogP contribution in [0.3, 0.4) is 0 Å². The van der Waals surface area contributed by atoms with Gasteiger partial charge in [0.25, 0.3) is 0 Å². The standard InChI is InChI=1S/C19H13Br2N3O2S/c1-24-18(17-9-12-8-14(21)6-7-16(12)26-17)22-23-19(24)27-10-15(25)11-2-4-13(20)5-3-11/h2-9H,10H2,1H3. The van der Waals surface area contributed by atoms with E-state index in [9.17, 15) is 4.79 Å². The number of hydrogen-bond acceptors (Lipinski definition) is 5. The van der Waals surface area contributed by atoms with Crippen LogP contribution in [0.4, 0.5) is 0 Å². The number of ketones is 1. The van der Waals surface area contributed by atoms with Gasteiger partial charge in [-0.25, -0.2) is 0 Å². The Balaban J connectivity index is 1.53. The summed E-state index contributed by atoms with van der Waals surface area (Å²) in [7, 11) is 1.87. The van der Waals surface area contributed by atoms with E-state index in [0.29, 0.717) is 28.1 Å². The van der Waals surface area contributed by atoms with Gasteiger partial charge in [0, 0.05) is 26.9 Å². The van der Waals surface area contributed by atoms with Crippen molar-refractivity contribution in [3.05, 3.63) is 63.0 Å². The van der Waals surface area contributed by atoms with Crippen LogP contribution < -0.4 is 0 Å². The van der Waals surface area contributed by atoms with Crippen LogP contribution in [0.5, 0.6) is 0 Å². The molecule has 5 nitrogen and oxygen atoms in total. The van der Waals surface area contributed by atoms with Crippen LogP contribution in [0.1, 0.15) is 10.4 Å². The Kier molecular flexibility index (Phi) is 5.21. The quantitative estimate of drug-likeness (QED) is 0.255. The number of furan rings is 1. The zero-order chi connectivity index (χ0) is 19.0. The number of nitrogens with zero attached hydrogens (tertiary/aromatic N) is 3. The summed E-state index contributed by atoms with van der Waals surface area (Å²) in [6, 6.07) is 15.1. The fourth-order valence-corrected chi connectivity index (χ4v) is 4.08. The number of benzene rings is 2. The molecule has 0 N–H and O–H groups in total. The van der Waals surface area contributed by atoms with Crippen LogP contribution in [0.15, 0.2) is 67.0 Å². The van der Waals surface area contributed by atoms with Crippen molar-refractivity contribution in [3.63, 3.8) is 0 Å². The molecule has 4 rings (SSSR count). The van der Waals surface area contributed by atoms with E-state index < -0.39 is 0 Å². The van der Waals surface area contributed by atoms with Crippen LogP contribution in [-0.2, 0) is 7.05 Å². The van der Waals surface area contributed by atoms with Gasteiger partial charge in [-0.2, -0.15) is 0 Å². The van der Waals surface area contributed by atoms with Gasteiger partial charge < -0.3 is 8.98 Å². The number of rotatable bonds is 5. The average Bonchev–Trinajstić information content (AvgIpc) is 3.23. The summed E-state index contributed by atoms with van der Waals surface area (Å²) in [5.41, 5.74) is 1.46. The Morgan fingerprint density at radius 1 is 1.07 bits per heavy atom. The maximum atomic E-state index is 12.4. The van der Waals surface area contributed by atoms with Crippen LogP contribution in [0.2, 0.25) is 0 Å². The monoisotopic (exact) mass is 505 g/mol. The molecule has 2 aromatic carbocycles. The van der Waals surface area contributed by atoms with E-state index in [2.05, 4.69) is 42.1 Å². The third kappa shape index (κ3) is 3.88. The number of aromatic nitrogens is 3. The van der Waals surface area contributed by atoms with Gasteiger partial charge in [-0.05, 0) is 36.4 Å². The Bertz CT molecular complexity index is 1140. The number of carbonyl (C=O) groups is 1. The van der Waals surface area contributed by atoms with E-state index in [1.165, 1.54) is 11.8 Å². The van der Waals surface area contributed by atoms with E-state index in [4.69, 9.17) is 4.42 Å². The first-order valence-corrected chi connectivity index (χ1v) is 10.6. The predicted molar refractivity (Wildman–Crippen MR) is 113 cm³/mol. The molecule has 0 radical (unpaired) electrons. The summed E-state index contributed by atoms with van der Waals surface area (Å²) < 4.78 is 9.66. The Hall–Kier alpha value is -1.90. The Labute approximate surface area is 176 Å². The van der Waals surface area contributed by atoms with Gasteiger partial charge in [-0.1, -0.05) is 55.8 Å². The number of fused-ring (bicyclic) bond motifs is 1. The lowest BCUT2D eigenvalue weighted by atomic mass is 10.2. The molecular weight excluding hydrogens is 494 g/mol. The van der Waals surface area contributed by atoms with Gasteiger partial charge in [0.2, 0.25) is 0 Å². The van der Waals surface area contributed by atoms with Crippen molar-refractivity contribution in [2.75, 3.05) is 5.75 Å². The summed E-state index contributed by atoms with van der Waals surface area (Å²) >= 11 is 8.19. The molecule has 0 bridgehead atoms. The van der Waals surface area contributed by atoms with Crippen molar-refractivity contribution in [1.29, 1.82) is 0 Å². The van der Waals surface area contributed by atoms with Crippen molar-refractivity contribution >= 4 is 60.4 Å². The molecule has 0 amide bonds. The summed E-state index contributed by atoms with van der Waals surface area (Å²) in [5.74, 6) is 1.61. The minimum atomic E-state index is 0.0469. The van der Waals surface area contributed by atoms with Crippen molar-refractivity contribution in [2.45, 2.75) is 5.16 Å². The maximum Gasteiger partial charge on any atom is 0.200 e. The van der Waals surface area contributed by atoms with Crippen molar-refractivity contribution < 1.29 is 9.21 Å². The van der Waals surface area contributed by atoms with Gasteiger partial charge in [0.05, 0.1) is 5.75 Å². The maximum absolute atomic E-state index is 12.4. The van der Waals surface area contributed by atoms with Gasteiger partial charge in [0.15, 0.2) is 22.5 Å². The number of Topliss-reactive ketones (excluding diaryl/α,β-unsaturated/α-hetero) is 1. The second kappa shape index (κ2) is 7.61. The molecular formula is C19H13Br2N3O2S. The lowest BCUT2D eigenvalue weighted by Gasteiger charge is -2.02. The van der Waals surface area contributed by atoms with E-state index >= 15 is 0 Å². The van der Waals surface area contributed by atoms with Gasteiger partial charge in [0.1, 0.15) is 5.58 Å². The zero-order valence-corrected chi connectivity index (χ0v) is 18.1. The van der Waals surface area contributed by atoms with Gasteiger partial charge >= 0.3 is 0 Å². The molecule has 0 aliphatic heterocycles. The van der Waals surface area contributed by atoms with E-state index in [0.717, 1.165) is 19.9 Å². The SMILES string of the molecule is Cn1c(SCC(=O)c2ccc(Br)cc2)nnc1-c1cc2cc(Br)ccc2o1. The lowest BCUT2D eigenvalue weighted by molar-refractivity contribution is 0.102. The van der Waals surface area contributed by atoms with Crippen LogP contribution in [-0.4, -0.2) is 26.3 Å². The number of hydrogen-bond donors (Lipinski definition) is 0. The molecule has 0 aliphatic carbocycles. The molecule has 4 aromatic rings. The van der Waals surface area contributed by atoms with Crippen molar-refractivity contribution in [1.82, 2.24) is 14.8 Å². The van der Waals surface area contributed by atoms with Crippen LogP contribution in [0, 0.1) is 0 Å². The molecule has 2 aromatic heterocycles. The topological polar surface area (TPSA) is 60.9 Å². The first-order chi connectivity index (χ1) is 13.0. The minimum Gasteiger partial charge on any atom is -0.453 e. The molecule has 27 heavy (non-hydrogen) atoms. The Morgan fingerprint density at radius 3 is 2.59 bits per heavy atom. The van der Waals surface area contributed by atoms with Gasteiger partial charge in [-0.3, -0.25) is 4.79 Å². The highest BCUT2D eigenvalue weighted by Crippen LogP contribution is 2.30. The molecule has 0 aliphatic rings. The smallest absolute Gasteiger partial charge is 0.200 e. The highest BCUT2D eigenvalue weighted by Gasteiger charge is 2.17. The molecule has 8 heteroatoms. The molecule has 2 heterocycles. The van der Waals surface area contributed by atoms with Crippen LogP contribution in [0.25, 0.3) is 22.6 Å². The summed E-state index contributed by atoms with van der Waals surface area (Å²) in [6.07, 6.45) is 0. The zero-order valence-electron chi connectivity index (χ0n) is 14.1. The number of halogens is 2. The molecule has 0 atom stereocenters. The highest BCUT2D eigenvalue weighted by atomic mass is 79.9. The number of thioether (sulfide) groups is 1.